The second-order valence-electron chi connectivity index (χ2n) is 2.59. The van der Waals surface area contributed by atoms with Gasteiger partial charge in [-0.1, -0.05) is 12.1 Å². The third kappa shape index (κ3) is 1.37. The van der Waals surface area contributed by atoms with Gasteiger partial charge in [0.1, 0.15) is 0 Å². The maximum absolute atomic E-state index is 11.0. The van der Waals surface area contributed by atoms with E-state index in [1.807, 2.05) is 0 Å². The number of nitrogens with zero attached hydrogens (tertiary/aromatic N) is 1. The van der Waals surface area contributed by atoms with Crippen LogP contribution >= 0.6 is 0 Å². The molecule has 0 aliphatic carbocycles. The van der Waals surface area contributed by atoms with E-state index in [4.69, 9.17) is 5.26 Å². The van der Waals surface area contributed by atoms with Gasteiger partial charge in [-0.15, -0.1) is 4.33 Å². The summed E-state index contributed by atoms with van der Waals surface area (Å²) < 4.78 is 25.3. The first kappa shape index (κ1) is 9.13. The molecule has 0 radical (unpaired) electrons. The van der Waals surface area contributed by atoms with Crippen molar-refractivity contribution in [3.63, 3.8) is 0 Å². The number of aromatic nitrogens is 2. The van der Waals surface area contributed by atoms with Crippen molar-refractivity contribution < 1.29 is 18.0 Å². The quantitative estimate of drug-likeness (QED) is 0.568. The largest absolute Gasteiger partial charge is 0.357 e. The molecule has 7 heteroatoms. The molecule has 0 aliphatic rings. The molecule has 1 aromatic heterocycles. The van der Waals surface area contributed by atoms with Gasteiger partial charge in [-0.05, 0) is 12.1 Å². The number of hydrogen-bond donors (Lipinski definition) is 2. The molecule has 2 N–H and O–H groups in total. The Morgan fingerprint density at radius 2 is 2.07 bits per heavy atom. The maximum Gasteiger partial charge on any atom is 0.357 e. The minimum Gasteiger partial charge on any atom is -0.327 e. The minimum atomic E-state index is -4.17. The third-order valence-electron chi connectivity index (χ3n) is 1.70. The molecule has 0 bridgehead atoms. The molecule has 0 saturated carbocycles. The Hall–Kier alpha value is -1.44. The summed E-state index contributed by atoms with van der Waals surface area (Å²) in [5, 5.41) is 7.71. The Labute approximate surface area is 79.2 Å². The van der Waals surface area contributed by atoms with E-state index in [-0.39, 0.29) is 0 Å². The number of H-pyrrole nitrogens is 1. The van der Waals surface area contributed by atoms with Crippen LogP contribution in [-0.4, -0.2) is 23.6 Å². The summed E-state index contributed by atoms with van der Waals surface area (Å²) in [5.74, 6) is 0. The maximum atomic E-state index is 11.0. The third-order valence-corrected chi connectivity index (χ3v) is 2.57. The summed E-state index contributed by atoms with van der Waals surface area (Å²) in [7, 11) is -4.17. The van der Waals surface area contributed by atoms with Gasteiger partial charge in [0.15, 0.2) is 0 Å². The predicted molar refractivity (Wildman–Crippen MR) is 47.0 cm³/mol. The van der Waals surface area contributed by atoms with Gasteiger partial charge in [0.25, 0.3) is 5.16 Å². The standard InChI is InChI=1S/C7H6N2O4S/c10-13-14(11,12)7-8-5-3-1-2-4-6(5)9-7/h1-4,10H,(H,8,9). The first-order valence-corrected chi connectivity index (χ1v) is 5.07. The van der Waals surface area contributed by atoms with Crippen LogP contribution in [0.2, 0.25) is 0 Å². The van der Waals surface area contributed by atoms with Gasteiger partial charge in [0, 0.05) is 0 Å². The number of rotatable bonds is 2. The van der Waals surface area contributed by atoms with E-state index in [0.29, 0.717) is 11.0 Å². The molecule has 74 valence electrons. The second kappa shape index (κ2) is 3.05. The zero-order valence-electron chi connectivity index (χ0n) is 6.84. The van der Waals surface area contributed by atoms with Crippen LogP contribution in [0.1, 0.15) is 0 Å². The lowest BCUT2D eigenvalue weighted by molar-refractivity contribution is -0.131. The lowest BCUT2D eigenvalue weighted by Crippen LogP contribution is -2.04. The molecule has 2 aromatic rings. The zero-order chi connectivity index (χ0) is 10.2. The number of fused-ring (bicyclic) bond motifs is 1. The number of benzene rings is 1. The fourth-order valence-electron chi connectivity index (χ4n) is 1.08. The van der Waals surface area contributed by atoms with E-state index in [9.17, 15) is 8.42 Å². The van der Waals surface area contributed by atoms with E-state index in [1.165, 1.54) is 0 Å². The van der Waals surface area contributed by atoms with Crippen LogP contribution < -0.4 is 0 Å². The molecule has 0 spiro atoms. The van der Waals surface area contributed by atoms with Crippen molar-refractivity contribution in [1.82, 2.24) is 9.97 Å². The highest BCUT2D eigenvalue weighted by atomic mass is 32.2. The molecule has 1 aromatic carbocycles. The molecule has 14 heavy (non-hydrogen) atoms. The van der Waals surface area contributed by atoms with E-state index in [2.05, 4.69) is 14.3 Å². The molecule has 0 amide bonds. The molecule has 0 atom stereocenters. The minimum absolute atomic E-state index is 0.416. The Balaban J connectivity index is 2.67. The highest BCUT2D eigenvalue weighted by molar-refractivity contribution is 7.86. The zero-order valence-corrected chi connectivity index (χ0v) is 7.65. The van der Waals surface area contributed by atoms with Crippen molar-refractivity contribution in [3.05, 3.63) is 24.3 Å². The van der Waals surface area contributed by atoms with Gasteiger partial charge < -0.3 is 4.98 Å². The van der Waals surface area contributed by atoms with Crippen molar-refractivity contribution in [2.75, 3.05) is 0 Å². The molecular weight excluding hydrogens is 208 g/mol. The number of aromatic amines is 1. The average Bonchev–Trinajstić information content (AvgIpc) is 2.61. The van der Waals surface area contributed by atoms with Crippen molar-refractivity contribution in [2.45, 2.75) is 5.16 Å². The topological polar surface area (TPSA) is 92.3 Å². The molecule has 0 saturated heterocycles. The Morgan fingerprint density at radius 1 is 1.36 bits per heavy atom. The predicted octanol–water partition coefficient (Wildman–Crippen LogP) is 0.741. The van der Waals surface area contributed by atoms with Crippen LogP contribution in [0.3, 0.4) is 0 Å². The van der Waals surface area contributed by atoms with Gasteiger partial charge >= 0.3 is 10.1 Å². The smallest absolute Gasteiger partial charge is 0.327 e. The summed E-state index contributed by atoms with van der Waals surface area (Å²) in [5.41, 5.74) is 1.05. The Morgan fingerprint density at radius 3 is 2.71 bits per heavy atom. The molecule has 0 fully saturated rings. The number of nitrogens with one attached hydrogen (secondary N) is 1. The SMILES string of the molecule is O=S(=O)(OO)c1nc2ccccc2[nH]1. The van der Waals surface area contributed by atoms with Gasteiger partial charge in [-0.3, -0.25) is 0 Å². The molecule has 6 nitrogen and oxygen atoms in total. The molecule has 0 aliphatic heterocycles. The molecule has 1 heterocycles. The van der Waals surface area contributed by atoms with Crippen LogP contribution in [-0.2, 0) is 14.5 Å². The van der Waals surface area contributed by atoms with Crippen LogP contribution in [0.15, 0.2) is 29.4 Å². The van der Waals surface area contributed by atoms with Crippen LogP contribution in [0.25, 0.3) is 11.0 Å². The van der Waals surface area contributed by atoms with Crippen molar-refractivity contribution in [2.24, 2.45) is 0 Å². The van der Waals surface area contributed by atoms with E-state index in [0.717, 1.165) is 0 Å². The van der Waals surface area contributed by atoms with E-state index < -0.39 is 15.3 Å². The van der Waals surface area contributed by atoms with Crippen LogP contribution in [0.4, 0.5) is 0 Å². The monoisotopic (exact) mass is 214 g/mol. The first-order valence-electron chi connectivity index (χ1n) is 3.66. The summed E-state index contributed by atoms with van der Waals surface area (Å²) in [6.45, 7) is 0. The second-order valence-corrected chi connectivity index (χ2v) is 4.03. The first-order chi connectivity index (χ1) is 6.63. The molecule has 2 rings (SSSR count). The van der Waals surface area contributed by atoms with Gasteiger partial charge in [0.2, 0.25) is 0 Å². The van der Waals surface area contributed by atoms with Crippen molar-refractivity contribution in [3.8, 4) is 0 Å². The van der Waals surface area contributed by atoms with Gasteiger partial charge in [-0.25, -0.2) is 10.2 Å². The fourth-order valence-corrected chi connectivity index (χ4v) is 1.60. The van der Waals surface area contributed by atoms with E-state index >= 15 is 0 Å². The van der Waals surface area contributed by atoms with Gasteiger partial charge in [0.05, 0.1) is 11.0 Å². The Bertz CT molecular complexity index is 527. The lowest BCUT2D eigenvalue weighted by atomic mass is 10.3. The van der Waals surface area contributed by atoms with E-state index in [1.54, 1.807) is 24.3 Å². The number of hydrogen-bond acceptors (Lipinski definition) is 5. The highest BCUT2D eigenvalue weighted by Crippen LogP contribution is 2.14. The van der Waals surface area contributed by atoms with Crippen molar-refractivity contribution >= 4 is 21.2 Å². The summed E-state index contributed by atoms with van der Waals surface area (Å²) in [6, 6.07) is 6.76. The van der Waals surface area contributed by atoms with Gasteiger partial charge in [-0.2, -0.15) is 8.42 Å². The summed E-state index contributed by atoms with van der Waals surface area (Å²) in [4.78, 5) is 6.23. The molecule has 0 unspecified atom stereocenters. The molecular formula is C7H6N2O4S. The highest BCUT2D eigenvalue weighted by Gasteiger charge is 2.19. The summed E-state index contributed by atoms with van der Waals surface area (Å²) in [6.07, 6.45) is 0. The van der Waals surface area contributed by atoms with Crippen LogP contribution in [0.5, 0.6) is 0 Å². The normalized spacial score (nSPS) is 12.1. The fraction of sp³-hybridized carbons (Fsp3) is 0. The Kier molecular flexibility index (Phi) is 1.99. The number of para-hydroxylation sites is 2. The van der Waals surface area contributed by atoms with Crippen LogP contribution in [0, 0.1) is 0 Å². The average molecular weight is 214 g/mol. The lowest BCUT2D eigenvalue weighted by Gasteiger charge is -1.91. The summed E-state index contributed by atoms with van der Waals surface area (Å²) >= 11 is 0. The number of imidazole rings is 1. The van der Waals surface area contributed by atoms with Crippen molar-refractivity contribution in [1.29, 1.82) is 0 Å².